The molecule has 1 N–H and O–H groups in total. The molecule has 0 radical (unpaired) electrons. The van der Waals surface area contributed by atoms with E-state index in [4.69, 9.17) is 0 Å². The van der Waals surface area contributed by atoms with Gasteiger partial charge in [0.25, 0.3) is 0 Å². The van der Waals surface area contributed by atoms with Crippen molar-refractivity contribution in [3.05, 3.63) is 54.4 Å². The van der Waals surface area contributed by atoms with Gasteiger partial charge < -0.3 is 9.51 Å². The molecule has 0 atom stereocenters. The van der Waals surface area contributed by atoms with Crippen LogP contribution in [0.5, 0.6) is 5.75 Å². The number of nitrogens with zero attached hydrogens (tertiary/aromatic N) is 2. The number of phenolic OH excluding ortho intramolecular Hbond substituents is 1. The third-order valence-electron chi connectivity index (χ3n) is 2.79. The molecule has 0 aliphatic heterocycles. The number of aryl methyl sites for hydroxylation is 1. The third-order valence-corrected chi connectivity index (χ3v) is 2.79. The SMILES string of the molecule is Cc1ccc(O)c(-c2cn3ccccc3n2)c1. The highest BCUT2D eigenvalue weighted by molar-refractivity contribution is 5.69. The minimum Gasteiger partial charge on any atom is -0.507 e. The summed E-state index contributed by atoms with van der Waals surface area (Å²) in [6.07, 6.45) is 3.86. The van der Waals surface area contributed by atoms with Gasteiger partial charge in [0.15, 0.2) is 0 Å². The number of imidazole rings is 1. The van der Waals surface area contributed by atoms with Crippen LogP contribution in [0.3, 0.4) is 0 Å². The second kappa shape index (κ2) is 3.63. The second-order valence-corrected chi connectivity index (χ2v) is 4.11. The summed E-state index contributed by atoms with van der Waals surface area (Å²) in [5, 5.41) is 9.86. The van der Waals surface area contributed by atoms with Crippen molar-refractivity contribution in [2.45, 2.75) is 6.92 Å². The monoisotopic (exact) mass is 224 g/mol. The molecule has 0 fully saturated rings. The Balaban J connectivity index is 2.23. The predicted molar refractivity (Wildman–Crippen MR) is 67.0 cm³/mol. The molecule has 3 nitrogen and oxygen atoms in total. The number of pyridine rings is 1. The predicted octanol–water partition coefficient (Wildman–Crippen LogP) is 3.02. The maximum absolute atomic E-state index is 9.86. The van der Waals surface area contributed by atoms with E-state index in [1.54, 1.807) is 6.07 Å². The normalized spacial score (nSPS) is 10.9. The van der Waals surface area contributed by atoms with Gasteiger partial charge in [-0.25, -0.2) is 4.98 Å². The second-order valence-electron chi connectivity index (χ2n) is 4.11. The summed E-state index contributed by atoms with van der Waals surface area (Å²) in [5.41, 5.74) is 3.55. The van der Waals surface area contributed by atoms with E-state index in [-0.39, 0.29) is 5.75 Å². The molecule has 1 aromatic carbocycles. The Morgan fingerprint density at radius 3 is 2.88 bits per heavy atom. The van der Waals surface area contributed by atoms with Crippen LogP contribution in [-0.2, 0) is 0 Å². The van der Waals surface area contributed by atoms with Gasteiger partial charge in [-0.05, 0) is 31.2 Å². The van der Waals surface area contributed by atoms with E-state index < -0.39 is 0 Å². The molecule has 2 heterocycles. The van der Waals surface area contributed by atoms with Crippen molar-refractivity contribution in [1.82, 2.24) is 9.38 Å². The lowest BCUT2D eigenvalue weighted by Gasteiger charge is -2.01. The van der Waals surface area contributed by atoms with Gasteiger partial charge >= 0.3 is 0 Å². The molecule has 0 unspecified atom stereocenters. The fraction of sp³-hybridized carbons (Fsp3) is 0.0714. The first-order valence-electron chi connectivity index (χ1n) is 5.48. The zero-order chi connectivity index (χ0) is 11.8. The van der Waals surface area contributed by atoms with Crippen molar-refractivity contribution < 1.29 is 5.11 Å². The first kappa shape index (κ1) is 9.90. The van der Waals surface area contributed by atoms with Crippen LogP contribution in [0.4, 0.5) is 0 Å². The summed E-state index contributed by atoms with van der Waals surface area (Å²) >= 11 is 0. The highest BCUT2D eigenvalue weighted by Gasteiger charge is 2.08. The fourth-order valence-electron chi connectivity index (χ4n) is 1.92. The molecule has 17 heavy (non-hydrogen) atoms. The number of phenols is 1. The molecule has 3 heteroatoms. The van der Waals surface area contributed by atoms with E-state index in [0.29, 0.717) is 0 Å². The summed E-state index contributed by atoms with van der Waals surface area (Å²) in [4.78, 5) is 4.49. The van der Waals surface area contributed by atoms with Crippen LogP contribution in [0.1, 0.15) is 5.56 Å². The van der Waals surface area contributed by atoms with Crippen LogP contribution in [0.2, 0.25) is 0 Å². The number of fused-ring (bicyclic) bond motifs is 1. The Morgan fingerprint density at radius 1 is 1.18 bits per heavy atom. The van der Waals surface area contributed by atoms with Crippen LogP contribution in [-0.4, -0.2) is 14.5 Å². The van der Waals surface area contributed by atoms with Gasteiger partial charge in [-0.2, -0.15) is 0 Å². The number of hydrogen-bond donors (Lipinski definition) is 1. The third kappa shape index (κ3) is 1.65. The summed E-state index contributed by atoms with van der Waals surface area (Å²) in [5.74, 6) is 0.263. The first-order chi connectivity index (χ1) is 8.24. The molecule has 0 bridgehead atoms. The Hall–Kier alpha value is -2.29. The van der Waals surface area contributed by atoms with Gasteiger partial charge in [-0.1, -0.05) is 17.7 Å². The number of aromatic nitrogens is 2. The minimum absolute atomic E-state index is 0.263. The van der Waals surface area contributed by atoms with Gasteiger partial charge in [0.2, 0.25) is 0 Å². The van der Waals surface area contributed by atoms with Crippen LogP contribution in [0, 0.1) is 6.92 Å². The highest BCUT2D eigenvalue weighted by Crippen LogP contribution is 2.29. The Kier molecular flexibility index (Phi) is 2.11. The maximum atomic E-state index is 9.86. The van der Waals surface area contributed by atoms with Crippen molar-refractivity contribution in [1.29, 1.82) is 0 Å². The van der Waals surface area contributed by atoms with Crippen LogP contribution in [0.25, 0.3) is 16.9 Å². The van der Waals surface area contributed by atoms with Crippen LogP contribution >= 0.6 is 0 Å². The zero-order valence-corrected chi connectivity index (χ0v) is 9.46. The molecule has 0 amide bonds. The number of aromatic hydroxyl groups is 1. The molecule has 3 rings (SSSR count). The molecular formula is C14H12N2O. The lowest BCUT2D eigenvalue weighted by Crippen LogP contribution is -1.80. The molecule has 0 aliphatic rings. The highest BCUT2D eigenvalue weighted by atomic mass is 16.3. The summed E-state index contributed by atoms with van der Waals surface area (Å²) in [6.45, 7) is 2.00. The maximum Gasteiger partial charge on any atom is 0.137 e. The van der Waals surface area contributed by atoms with E-state index >= 15 is 0 Å². The van der Waals surface area contributed by atoms with Crippen LogP contribution in [0.15, 0.2) is 48.8 Å². The summed E-state index contributed by atoms with van der Waals surface area (Å²) in [7, 11) is 0. The molecule has 2 aromatic heterocycles. The van der Waals surface area contributed by atoms with E-state index in [1.807, 2.05) is 54.0 Å². The van der Waals surface area contributed by atoms with E-state index in [0.717, 1.165) is 22.5 Å². The number of rotatable bonds is 1. The van der Waals surface area contributed by atoms with Crippen molar-refractivity contribution in [2.75, 3.05) is 0 Å². The van der Waals surface area contributed by atoms with E-state index in [9.17, 15) is 5.11 Å². The number of benzene rings is 1. The molecule has 0 saturated heterocycles. The smallest absolute Gasteiger partial charge is 0.137 e. The van der Waals surface area contributed by atoms with Gasteiger partial charge in [-0.15, -0.1) is 0 Å². The van der Waals surface area contributed by atoms with Gasteiger partial charge in [0.1, 0.15) is 11.4 Å². The lowest BCUT2D eigenvalue weighted by molar-refractivity contribution is 0.477. The van der Waals surface area contributed by atoms with E-state index in [2.05, 4.69) is 4.98 Å². The largest absolute Gasteiger partial charge is 0.507 e. The van der Waals surface area contributed by atoms with E-state index in [1.165, 1.54) is 0 Å². The number of hydrogen-bond acceptors (Lipinski definition) is 2. The zero-order valence-electron chi connectivity index (χ0n) is 9.46. The Bertz CT molecular complexity index is 653. The van der Waals surface area contributed by atoms with Crippen LogP contribution < -0.4 is 0 Å². The standard InChI is InChI=1S/C14H12N2O/c1-10-5-6-13(17)11(8-10)12-9-16-7-3-2-4-14(16)15-12/h2-9,17H,1H3. The summed E-state index contributed by atoms with van der Waals surface area (Å²) < 4.78 is 1.94. The van der Waals surface area contributed by atoms with Gasteiger partial charge in [-0.3, -0.25) is 0 Å². The molecule has 0 aliphatic carbocycles. The minimum atomic E-state index is 0.263. The molecule has 0 saturated carbocycles. The Labute approximate surface area is 99.0 Å². The molecule has 3 aromatic rings. The first-order valence-corrected chi connectivity index (χ1v) is 5.48. The van der Waals surface area contributed by atoms with Crippen molar-refractivity contribution >= 4 is 5.65 Å². The Morgan fingerprint density at radius 2 is 2.06 bits per heavy atom. The molecular weight excluding hydrogens is 212 g/mol. The summed E-state index contributed by atoms with van der Waals surface area (Å²) in [6, 6.07) is 11.4. The lowest BCUT2D eigenvalue weighted by atomic mass is 10.1. The average Bonchev–Trinajstić information content (AvgIpc) is 2.75. The molecule has 0 spiro atoms. The average molecular weight is 224 g/mol. The topological polar surface area (TPSA) is 37.5 Å². The van der Waals surface area contributed by atoms with Crippen molar-refractivity contribution in [3.8, 4) is 17.0 Å². The van der Waals surface area contributed by atoms with Gasteiger partial charge in [0.05, 0.1) is 5.69 Å². The fourth-order valence-corrected chi connectivity index (χ4v) is 1.92. The quantitative estimate of drug-likeness (QED) is 0.690. The van der Waals surface area contributed by atoms with Crippen molar-refractivity contribution in [2.24, 2.45) is 0 Å². The molecule has 84 valence electrons. The van der Waals surface area contributed by atoms with Crippen molar-refractivity contribution in [3.63, 3.8) is 0 Å². The van der Waals surface area contributed by atoms with Gasteiger partial charge in [0, 0.05) is 18.0 Å².